The number of nitrogens with one attached hydrogen (secondary N) is 1. The molecule has 3 aromatic rings. The summed E-state index contributed by atoms with van der Waals surface area (Å²) in [6, 6.07) is 11.5. The number of anilines is 2. The number of fused-ring (bicyclic) bond motifs is 1. The number of carbonyl (C=O) groups is 1. The Balaban J connectivity index is 2.23. The van der Waals surface area contributed by atoms with Crippen LogP contribution in [0.25, 0.3) is 10.9 Å². The molecule has 122 valence electrons. The monoisotopic (exact) mass is 433 g/mol. The van der Waals surface area contributed by atoms with E-state index in [1.54, 1.807) is 7.11 Å². The zero-order chi connectivity index (χ0) is 17.3. The van der Waals surface area contributed by atoms with Gasteiger partial charge in [0.15, 0.2) is 0 Å². The minimum atomic E-state index is -0.522. The van der Waals surface area contributed by atoms with Crippen LogP contribution in [0.2, 0.25) is 0 Å². The van der Waals surface area contributed by atoms with E-state index in [-0.39, 0.29) is 0 Å². The molecule has 0 aliphatic heterocycles. The number of hydrogen-bond acceptors (Lipinski definition) is 4. The van der Waals surface area contributed by atoms with Gasteiger partial charge in [-0.2, -0.15) is 0 Å². The third-order valence-electron chi connectivity index (χ3n) is 3.73. The van der Waals surface area contributed by atoms with E-state index >= 15 is 0 Å². The van der Waals surface area contributed by atoms with Crippen molar-refractivity contribution in [3.8, 4) is 5.75 Å². The van der Waals surface area contributed by atoms with E-state index < -0.39 is 5.91 Å². The second kappa shape index (κ2) is 6.64. The number of halogens is 1. The molecule has 0 fully saturated rings. The number of nitrogens with zero attached hydrogens (tertiary/aromatic N) is 1. The predicted molar refractivity (Wildman–Crippen MR) is 104 cm³/mol. The number of nitrogens with two attached hydrogens (primary N) is 1. The van der Waals surface area contributed by atoms with Crippen LogP contribution in [-0.2, 0) is 0 Å². The van der Waals surface area contributed by atoms with Gasteiger partial charge in [0.1, 0.15) is 5.75 Å². The molecule has 0 radical (unpaired) electrons. The Kier molecular flexibility index (Phi) is 4.57. The summed E-state index contributed by atoms with van der Waals surface area (Å²) < 4.78 is 6.32. The molecule has 0 saturated carbocycles. The van der Waals surface area contributed by atoms with E-state index in [4.69, 9.17) is 10.5 Å². The van der Waals surface area contributed by atoms with Gasteiger partial charge in [-0.25, -0.2) is 0 Å². The summed E-state index contributed by atoms with van der Waals surface area (Å²) in [5.41, 5.74) is 9.24. The second-order valence-electron chi connectivity index (χ2n) is 5.39. The molecule has 0 unspecified atom stereocenters. The highest BCUT2D eigenvalue weighted by Crippen LogP contribution is 2.32. The van der Waals surface area contributed by atoms with Crippen molar-refractivity contribution >= 4 is 50.8 Å². The van der Waals surface area contributed by atoms with E-state index in [0.717, 1.165) is 31.5 Å². The highest BCUT2D eigenvalue weighted by atomic mass is 127. The van der Waals surface area contributed by atoms with Gasteiger partial charge in [-0.3, -0.25) is 9.78 Å². The summed E-state index contributed by atoms with van der Waals surface area (Å²) in [7, 11) is 1.61. The van der Waals surface area contributed by atoms with Gasteiger partial charge in [-0.1, -0.05) is 6.07 Å². The minimum Gasteiger partial charge on any atom is -0.497 e. The van der Waals surface area contributed by atoms with Gasteiger partial charge in [-0.15, -0.1) is 0 Å². The molecule has 0 saturated heterocycles. The highest BCUT2D eigenvalue weighted by molar-refractivity contribution is 14.1. The van der Waals surface area contributed by atoms with Crippen molar-refractivity contribution in [3.63, 3.8) is 0 Å². The molecule has 0 aliphatic carbocycles. The Morgan fingerprint density at radius 1 is 1.29 bits per heavy atom. The number of ether oxygens (including phenoxy) is 1. The summed E-state index contributed by atoms with van der Waals surface area (Å²) in [6.07, 6.45) is 1.52. The lowest BCUT2D eigenvalue weighted by molar-refractivity contribution is 0.100. The smallest absolute Gasteiger partial charge is 0.252 e. The number of methoxy groups -OCH3 is 1. The minimum absolute atomic E-state index is 0.353. The first kappa shape index (κ1) is 16.5. The number of rotatable bonds is 4. The quantitative estimate of drug-likeness (QED) is 0.610. The Morgan fingerprint density at radius 3 is 2.79 bits per heavy atom. The van der Waals surface area contributed by atoms with Gasteiger partial charge >= 0.3 is 0 Å². The molecule has 0 aliphatic rings. The van der Waals surface area contributed by atoms with Crippen molar-refractivity contribution < 1.29 is 9.53 Å². The van der Waals surface area contributed by atoms with E-state index in [1.165, 1.54) is 6.20 Å². The lowest BCUT2D eigenvalue weighted by Gasteiger charge is -2.15. The van der Waals surface area contributed by atoms with Crippen LogP contribution in [0.1, 0.15) is 15.9 Å². The maximum absolute atomic E-state index is 11.9. The lowest BCUT2D eigenvalue weighted by Crippen LogP contribution is -2.14. The predicted octanol–water partition coefficient (Wildman–Crippen LogP) is 4.00. The number of hydrogen-bond donors (Lipinski definition) is 2. The molecule has 6 heteroatoms. The van der Waals surface area contributed by atoms with Gasteiger partial charge in [0.05, 0.1) is 23.9 Å². The van der Waals surface area contributed by atoms with Gasteiger partial charge < -0.3 is 15.8 Å². The van der Waals surface area contributed by atoms with E-state index in [9.17, 15) is 4.79 Å². The van der Waals surface area contributed by atoms with Crippen LogP contribution in [0.4, 0.5) is 11.4 Å². The Hall–Kier alpha value is -2.35. The fourth-order valence-corrected chi connectivity index (χ4v) is 3.38. The summed E-state index contributed by atoms with van der Waals surface area (Å²) in [4.78, 5) is 16.3. The van der Waals surface area contributed by atoms with Crippen LogP contribution >= 0.6 is 22.6 Å². The number of carbonyl (C=O) groups excluding carboxylic acids is 1. The standard InChI is InChI=1S/C18H16IN3O2/c1-10-6-11(19)7-14-16(10)21-9-15(18(20)23)17(14)22-12-4-3-5-13(8-12)24-2/h3-9H,1-2H3,(H2,20,23)(H,21,22). The van der Waals surface area contributed by atoms with Gasteiger partial charge in [0.2, 0.25) is 0 Å². The third-order valence-corrected chi connectivity index (χ3v) is 4.35. The Labute approximate surface area is 153 Å². The SMILES string of the molecule is COc1cccc(Nc2c(C(N)=O)cnc3c(C)cc(I)cc23)c1. The molecular formula is C18H16IN3O2. The fraction of sp³-hybridized carbons (Fsp3) is 0.111. The number of benzene rings is 2. The van der Waals surface area contributed by atoms with Crippen LogP contribution < -0.4 is 15.8 Å². The molecule has 5 nitrogen and oxygen atoms in total. The van der Waals surface area contributed by atoms with Crippen molar-refractivity contribution in [3.05, 3.63) is 57.3 Å². The molecule has 0 atom stereocenters. The Bertz CT molecular complexity index is 941. The largest absolute Gasteiger partial charge is 0.497 e. The molecule has 2 aromatic carbocycles. The van der Waals surface area contributed by atoms with E-state index in [1.807, 2.05) is 37.3 Å². The molecule has 1 heterocycles. The summed E-state index contributed by atoms with van der Waals surface area (Å²) in [5, 5.41) is 4.16. The Morgan fingerprint density at radius 2 is 2.08 bits per heavy atom. The molecule has 1 amide bonds. The summed E-state index contributed by atoms with van der Waals surface area (Å²) in [5.74, 6) is 0.205. The maximum atomic E-state index is 11.9. The van der Waals surface area contributed by atoms with Crippen molar-refractivity contribution in [1.82, 2.24) is 4.98 Å². The number of amides is 1. The molecule has 3 N–H and O–H groups in total. The van der Waals surface area contributed by atoms with Crippen molar-refractivity contribution in [2.24, 2.45) is 5.73 Å². The first-order chi connectivity index (χ1) is 11.5. The molecule has 0 spiro atoms. The number of aryl methyl sites for hydroxylation is 1. The topological polar surface area (TPSA) is 77.2 Å². The zero-order valence-corrected chi connectivity index (χ0v) is 15.4. The van der Waals surface area contributed by atoms with Crippen LogP contribution in [-0.4, -0.2) is 18.0 Å². The number of aromatic nitrogens is 1. The first-order valence-corrected chi connectivity index (χ1v) is 8.37. The molecule has 3 rings (SSSR count). The molecule has 1 aromatic heterocycles. The average Bonchev–Trinajstić information content (AvgIpc) is 2.55. The van der Waals surface area contributed by atoms with Crippen LogP contribution in [0.5, 0.6) is 5.75 Å². The zero-order valence-electron chi connectivity index (χ0n) is 13.3. The maximum Gasteiger partial charge on any atom is 0.252 e. The van der Waals surface area contributed by atoms with Crippen molar-refractivity contribution in [2.75, 3.05) is 12.4 Å². The number of pyridine rings is 1. The van der Waals surface area contributed by atoms with E-state index in [2.05, 4.69) is 39.0 Å². The van der Waals surface area contributed by atoms with Crippen molar-refractivity contribution in [2.45, 2.75) is 6.92 Å². The van der Waals surface area contributed by atoms with Crippen molar-refractivity contribution in [1.29, 1.82) is 0 Å². The van der Waals surface area contributed by atoms with Gasteiger partial charge in [0, 0.05) is 26.9 Å². The second-order valence-corrected chi connectivity index (χ2v) is 6.63. The average molecular weight is 433 g/mol. The van der Waals surface area contributed by atoms with Gasteiger partial charge in [-0.05, 0) is 59.3 Å². The molecular weight excluding hydrogens is 417 g/mol. The summed E-state index contributed by atoms with van der Waals surface area (Å²) in [6.45, 7) is 2.00. The fourth-order valence-electron chi connectivity index (χ4n) is 2.60. The normalized spacial score (nSPS) is 10.6. The lowest BCUT2D eigenvalue weighted by atomic mass is 10.1. The van der Waals surface area contributed by atoms with Crippen LogP contribution in [0.3, 0.4) is 0 Å². The first-order valence-electron chi connectivity index (χ1n) is 7.29. The summed E-state index contributed by atoms with van der Waals surface area (Å²) >= 11 is 2.25. The van der Waals surface area contributed by atoms with Crippen LogP contribution in [0, 0.1) is 10.5 Å². The number of primary amides is 1. The molecule has 24 heavy (non-hydrogen) atoms. The van der Waals surface area contributed by atoms with Crippen LogP contribution in [0.15, 0.2) is 42.6 Å². The third kappa shape index (κ3) is 3.14. The highest BCUT2D eigenvalue weighted by Gasteiger charge is 2.15. The molecule has 0 bridgehead atoms. The van der Waals surface area contributed by atoms with E-state index in [0.29, 0.717) is 11.3 Å². The van der Waals surface area contributed by atoms with Gasteiger partial charge in [0.25, 0.3) is 5.91 Å².